The summed E-state index contributed by atoms with van der Waals surface area (Å²) < 4.78 is 16.4. The van der Waals surface area contributed by atoms with E-state index in [9.17, 15) is 14.7 Å². The topological polar surface area (TPSA) is 94.1 Å². The number of hydrogen-bond acceptors (Lipinski definition) is 6. The fraction of sp³-hybridized carbons (Fsp3) is 0.263. The number of fused-ring (bicyclic) bond motifs is 1. The van der Waals surface area contributed by atoms with Crippen molar-refractivity contribution in [3.05, 3.63) is 45.9 Å². The Kier molecular flexibility index (Phi) is 5.12. The van der Waals surface area contributed by atoms with E-state index in [0.29, 0.717) is 33.0 Å². The van der Waals surface area contributed by atoms with Gasteiger partial charge in [-0.3, -0.25) is 9.59 Å². The maximum absolute atomic E-state index is 12.9. The first-order chi connectivity index (χ1) is 12.8. The molecule has 0 radical (unpaired) electrons. The minimum absolute atomic E-state index is 0.231. The number of rotatable bonds is 6. The van der Waals surface area contributed by atoms with Crippen LogP contribution in [-0.2, 0) is 10.4 Å². The first kappa shape index (κ1) is 19.2. The summed E-state index contributed by atoms with van der Waals surface area (Å²) in [5.41, 5.74) is -0.906. The van der Waals surface area contributed by atoms with Gasteiger partial charge in [-0.15, -0.1) is 0 Å². The first-order valence-electron chi connectivity index (χ1n) is 8.01. The molecular formula is C19H18BrNO6. The van der Waals surface area contributed by atoms with E-state index in [1.807, 2.05) is 0 Å². The zero-order valence-corrected chi connectivity index (χ0v) is 16.5. The highest BCUT2D eigenvalue weighted by Gasteiger charge is 2.47. The zero-order valence-electron chi connectivity index (χ0n) is 15.0. The third-order valence-corrected chi connectivity index (χ3v) is 4.95. The van der Waals surface area contributed by atoms with Crippen molar-refractivity contribution >= 4 is 33.3 Å². The molecule has 0 aliphatic carbocycles. The van der Waals surface area contributed by atoms with E-state index < -0.39 is 23.7 Å². The van der Waals surface area contributed by atoms with E-state index in [1.54, 1.807) is 18.2 Å². The summed E-state index contributed by atoms with van der Waals surface area (Å²) in [6.07, 6.45) is -0.430. The van der Waals surface area contributed by atoms with Crippen LogP contribution >= 0.6 is 15.9 Å². The molecule has 27 heavy (non-hydrogen) atoms. The number of ether oxygens (including phenoxy) is 3. The van der Waals surface area contributed by atoms with Crippen molar-refractivity contribution in [1.82, 2.24) is 0 Å². The summed E-state index contributed by atoms with van der Waals surface area (Å²) in [4.78, 5) is 25.3. The van der Waals surface area contributed by atoms with Gasteiger partial charge in [-0.2, -0.15) is 0 Å². The molecule has 0 saturated carbocycles. The first-order valence-corrected chi connectivity index (χ1v) is 8.80. The van der Waals surface area contributed by atoms with Crippen molar-refractivity contribution in [1.29, 1.82) is 0 Å². The Morgan fingerprint density at radius 1 is 1.11 bits per heavy atom. The molecule has 1 aliphatic rings. The monoisotopic (exact) mass is 435 g/mol. The van der Waals surface area contributed by atoms with Gasteiger partial charge in [-0.1, -0.05) is 15.9 Å². The number of amides is 1. The Bertz CT molecular complexity index is 903. The Morgan fingerprint density at radius 3 is 2.30 bits per heavy atom. The molecule has 1 atom stereocenters. The number of halogens is 1. The van der Waals surface area contributed by atoms with Crippen LogP contribution in [0.2, 0.25) is 0 Å². The van der Waals surface area contributed by atoms with Gasteiger partial charge >= 0.3 is 0 Å². The molecule has 0 fully saturated rings. The van der Waals surface area contributed by atoms with Gasteiger partial charge in [0, 0.05) is 21.3 Å². The number of Topliss-reactive ketones (excluding diaryl/α,β-unsaturated/α-hetero) is 1. The molecule has 3 rings (SSSR count). The van der Waals surface area contributed by atoms with Crippen LogP contribution in [0.1, 0.15) is 22.3 Å². The molecule has 2 aromatic rings. The predicted octanol–water partition coefficient (Wildman–Crippen LogP) is 2.89. The van der Waals surface area contributed by atoms with Crippen LogP contribution in [0.15, 0.2) is 34.8 Å². The summed E-state index contributed by atoms with van der Waals surface area (Å²) in [6, 6.07) is 8.00. The molecule has 0 aromatic heterocycles. The quantitative estimate of drug-likeness (QED) is 0.677. The average Bonchev–Trinajstić information content (AvgIpc) is 2.90. The van der Waals surface area contributed by atoms with E-state index in [0.717, 1.165) is 0 Å². The maximum Gasteiger partial charge on any atom is 0.261 e. The minimum atomic E-state index is -1.96. The van der Waals surface area contributed by atoms with Crippen LogP contribution in [0, 0.1) is 0 Å². The number of ketones is 1. The summed E-state index contributed by atoms with van der Waals surface area (Å²) >= 11 is 3.32. The van der Waals surface area contributed by atoms with Crippen LogP contribution in [0.3, 0.4) is 0 Å². The van der Waals surface area contributed by atoms with Crippen molar-refractivity contribution in [3.63, 3.8) is 0 Å². The van der Waals surface area contributed by atoms with E-state index in [1.165, 1.54) is 33.5 Å². The molecule has 0 spiro atoms. The van der Waals surface area contributed by atoms with Crippen LogP contribution in [0.5, 0.6) is 17.2 Å². The Hall–Kier alpha value is -2.58. The number of methoxy groups -OCH3 is 3. The molecule has 142 valence electrons. The summed E-state index contributed by atoms with van der Waals surface area (Å²) in [5, 5.41) is 13.6. The van der Waals surface area contributed by atoms with Crippen molar-refractivity contribution < 1.29 is 28.9 Å². The van der Waals surface area contributed by atoms with Gasteiger partial charge in [-0.05, 0) is 30.3 Å². The van der Waals surface area contributed by atoms with Crippen molar-refractivity contribution in [2.75, 3.05) is 26.6 Å². The maximum atomic E-state index is 12.9. The number of aliphatic hydroxyl groups is 1. The van der Waals surface area contributed by atoms with Gasteiger partial charge in [0.25, 0.3) is 5.91 Å². The second-order valence-electron chi connectivity index (χ2n) is 6.02. The Morgan fingerprint density at radius 2 is 1.74 bits per heavy atom. The van der Waals surface area contributed by atoms with E-state index >= 15 is 0 Å². The number of carbonyl (C=O) groups excluding carboxylic acids is 2. The molecule has 0 bridgehead atoms. The van der Waals surface area contributed by atoms with Crippen LogP contribution in [0.4, 0.5) is 5.69 Å². The normalized spacial score (nSPS) is 17.9. The fourth-order valence-corrected chi connectivity index (χ4v) is 3.43. The largest absolute Gasteiger partial charge is 0.493 e. The third kappa shape index (κ3) is 3.26. The lowest BCUT2D eigenvalue weighted by atomic mass is 9.88. The SMILES string of the molecule is COc1cc(C(=O)CC2(O)C(=O)Nc3ccc(Br)cc32)cc(OC)c1OC. The molecule has 1 heterocycles. The molecule has 1 aliphatic heterocycles. The Labute approximate surface area is 164 Å². The minimum Gasteiger partial charge on any atom is -0.493 e. The highest BCUT2D eigenvalue weighted by Crippen LogP contribution is 2.42. The zero-order chi connectivity index (χ0) is 19.8. The molecule has 2 aromatic carbocycles. The van der Waals surface area contributed by atoms with Gasteiger partial charge in [-0.25, -0.2) is 0 Å². The van der Waals surface area contributed by atoms with Crippen molar-refractivity contribution in [2.45, 2.75) is 12.0 Å². The van der Waals surface area contributed by atoms with E-state index in [-0.39, 0.29) is 5.56 Å². The summed E-state index contributed by atoms with van der Waals surface area (Å²) in [6.45, 7) is 0. The smallest absolute Gasteiger partial charge is 0.261 e. The van der Waals surface area contributed by atoms with Gasteiger partial charge in [0.05, 0.1) is 27.8 Å². The van der Waals surface area contributed by atoms with Crippen LogP contribution in [-0.4, -0.2) is 38.1 Å². The van der Waals surface area contributed by atoms with E-state index in [4.69, 9.17) is 14.2 Å². The molecule has 0 saturated heterocycles. The molecule has 2 N–H and O–H groups in total. The van der Waals surface area contributed by atoms with Gasteiger partial charge < -0.3 is 24.6 Å². The standard InChI is InChI=1S/C19H18BrNO6/c1-25-15-6-10(7-16(26-2)17(15)27-3)14(22)9-19(24)12-8-11(20)4-5-13(12)21-18(19)23/h4-8,24H,9H2,1-3H3,(H,21,23). The number of benzene rings is 2. The molecule has 8 heteroatoms. The van der Waals surface area contributed by atoms with Crippen LogP contribution < -0.4 is 19.5 Å². The number of hydrogen-bond donors (Lipinski definition) is 2. The summed E-state index contributed by atoms with van der Waals surface area (Å²) in [7, 11) is 4.34. The van der Waals surface area contributed by atoms with Crippen molar-refractivity contribution in [2.24, 2.45) is 0 Å². The highest BCUT2D eigenvalue weighted by atomic mass is 79.9. The lowest BCUT2D eigenvalue weighted by molar-refractivity contribution is -0.133. The van der Waals surface area contributed by atoms with Gasteiger partial charge in [0.2, 0.25) is 5.75 Å². The van der Waals surface area contributed by atoms with E-state index in [2.05, 4.69) is 21.2 Å². The number of nitrogens with one attached hydrogen (secondary N) is 1. The van der Waals surface area contributed by atoms with Crippen LogP contribution in [0.25, 0.3) is 0 Å². The third-order valence-electron chi connectivity index (χ3n) is 4.45. The number of anilines is 1. The molecular weight excluding hydrogens is 418 g/mol. The van der Waals surface area contributed by atoms with Gasteiger partial charge in [0.1, 0.15) is 0 Å². The average molecular weight is 436 g/mol. The predicted molar refractivity (Wildman–Crippen MR) is 102 cm³/mol. The summed E-state index contributed by atoms with van der Waals surface area (Å²) in [5.74, 6) is -0.114. The second-order valence-corrected chi connectivity index (χ2v) is 6.93. The number of carbonyl (C=O) groups is 2. The highest BCUT2D eigenvalue weighted by molar-refractivity contribution is 9.10. The lowest BCUT2D eigenvalue weighted by Gasteiger charge is -2.21. The second kappa shape index (κ2) is 7.21. The molecule has 1 unspecified atom stereocenters. The fourth-order valence-electron chi connectivity index (χ4n) is 3.07. The van der Waals surface area contributed by atoms with Crippen molar-refractivity contribution in [3.8, 4) is 17.2 Å². The molecule has 1 amide bonds. The lowest BCUT2D eigenvalue weighted by Crippen LogP contribution is -2.36. The molecule has 7 nitrogen and oxygen atoms in total. The Balaban J connectivity index is 1.99. The van der Waals surface area contributed by atoms with Gasteiger partial charge in [0.15, 0.2) is 22.9 Å².